The van der Waals surface area contributed by atoms with Crippen LogP contribution in [-0.2, 0) is 27.5 Å². The van der Waals surface area contributed by atoms with Gasteiger partial charge >= 0.3 is 12.2 Å². The minimum atomic E-state index is -0.863. The minimum Gasteiger partial charge on any atom is -0.489 e. The highest BCUT2D eigenvalue weighted by Gasteiger charge is 2.25. The Morgan fingerprint density at radius 3 is 1.95 bits per heavy atom. The number of carbonyl (C=O) groups is 3. The van der Waals surface area contributed by atoms with Gasteiger partial charge in [-0.2, -0.15) is 0 Å². The van der Waals surface area contributed by atoms with Crippen LogP contribution in [-0.4, -0.2) is 36.3 Å². The Morgan fingerprint density at radius 1 is 0.762 bits per heavy atom. The maximum atomic E-state index is 13.2. The number of alkyl carbamates (subject to hydrolysis) is 2. The van der Waals surface area contributed by atoms with Gasteiger partial charge in [-0.25, -0.2) is 9.59 Å². The number of benzene rings is 3. The van der Waals surface area contributed by atoms with Gasteiger partial charge in [0.1, 0.15) is 30.6 Å². The van der Waals surface area contributed by atoms with E-state index in [4.69, 9.17) is 14.2 Å². The van der Waals surface area contributed by atoms with Gasteiger partial charge in [0.05, 0.1) is 6.04 Å². The summed E-state index contributed by atoms with van der Waals surface area (Å²) in [5.41, 5.74) is 2.13. The van der Waals surface area contributed by atoms with Crippen LogP contribution >= 0.6 is 0 Å². The molecule has 3 N–H and O–H groups in total. The third kappa shape index (κ3) is 11.9. The van der Waals surface area contributed by atoms with Gasteiger partial charge < -0.3 is 30.2 Å². The summed E-state index contributed by atoms with van der Waals surface area (Å²) >= 11 is 0. The molecule has 0 aliphatic rings. The molecule has 9 heteroatoms. The van der Waals surface area contributed by atoms with Crippen LogP contribution in [0.1, 0.15) is 63.3 Å². The molecule has 0 aliphatic carbocycles. The van der Waals surface area contributed by atoms with E-state index >= 15 is 0 Å². The van der Waals surface area contributed by atoms with Crippen molar-refractivity contribution in [2.45, 2.75) is 71.4 Å². The van der Waals surface area contributed by atoms with Crippen molar-refractivity contribution < 1.29 is 28.6 Å². The first kappa shape index (κ1) is 32.0. The Morgan fingerprint density at radius 2 is 1.36 bits per heavy atom. The average molecular weight is 576 g/mol. The molecule has 3 amide bonds. The zero-order valence-corrected chi connectivity index (χ0v) is 24.7. The van der Waals surface area contributed by atoms with Crippen molar-refractivity contribution in [3.05, 3.63) is 102 Å². The fourth-order valence-corrected chi connectivity index (χ4v) is 3.98. The highest BCUT2D eigenvalue weighted by molar-refractivity contribution is 5.86. The van der Waals surface area contributed by atoms with Gasteiger partial charge in [-0.1, -0.05) is 72.8 Å². The lowest BCUT2D eigenvalue weighted by molar-refractivity contribution is -0.124. The molecule has 0 aromatic heterocycles. The van der Waals surface area contributed by atoms with Crippen molar-refractivity contribution >= 4 is 18.1 Å². The highest BCUT2D eigenvalue weighted by Crippen LogP contribution is 2.19. The van der Waals surface area contributed by atoms with Crippen LogP contribution in [0.4, 0.5) is 9.59 Å². The number of hydrogen-bond acceptors (Lipinski definition) is 6. The van der Waals surface area contributed by atoms with Crippen molar-refractivity contribution in [3.8, 4) is 5.75 Å². The second-order valence-corrected chi connectivity index (χ2v) is 10.9. The van der Waals surface area contributed by atoms with Gasteiger partial charge in [0.15, 0.2) is 0 Å². The summed E-state index contributed by atoms with van der Waals surface area (Å²) in [5.74, 6) is 0.366. The van der Waals surface area contributed by atoms with Crippen LogP contribution in [0.5, 0.6) is 5.75 Å². The summed E-state index contributed by atoms with van der Waals surface area (Å²) in [6.07, 6.45) is -0.533. The Bertz CT molecular complexity index is 1260. The molecule has 42 heavy (non-hydrogen) atoms. The van der Waals surface area contributed by atoms with Crippen molar-refractivity contribution in [1.82, 2.24) is 16.0 Å². The van der Waals surface area contributed by atoms with Crippen LogP contribution in [0.2, 0.25) is 0 Å². The number of rotatable bonds is 13. The molecule has 0 radical (unpaired) electrons. The summed E-state index contributed by atoms with van der Waals surface area (Å²) < 4.78 is 16.4. The lowest BCUT2D eigenvalue weighted by atomic mass is 10.1. The van der Waals surface area contributed by atoms with Gasteiger partial charge in [0.2, 0.25) is 5.91 Å². The first-order valence-corrected chi connectivity index (χ1v) is 14.1. The number of hydrogen-bond donors (Lipinski definition) is 3. The number of amides is 3. The van der Waals surface area contributed by atoms with E-state index in [1.54, 1.807) is 20.8 Å². The highest BCUT2D eigenvalue weighted by atomic mass is 16.6. The summed E-state index contributed by atoms with van der Waals surface area (Å²) in [6, 6.07) is 25.6. The predicted molar refractivity (Wildman–Crippen MR) is 161 cm³/mol. The molecule has 0 saturated heterocycles. The van der Waals surface area contributed by atoms with Gasteiger partial charge in [-0.05, 0) is 69.4 Å². The topological polar surface area (TPSA) is 115 Å². The molecular weight excluding hydrogens is 534 g/mol. The van der Waals surface area contributed by atoms with E-state index in [0.29, 0.717) is 13.0 Å². The lowest BCUT2D eigenvalue weighted by Gasteiger charge is -2.24. The van der Waals surface area contributed by atoms with Crippen molar-refractivity contribution in [1.29, 1.82) is 0 Å². The molecular formula is C33H41N3O6. The average Bonchev–Trinajstić information content (AvgIpc) is 2.97. The van der Waals surface area contributed by atoms with Crippen molar-refractivity contribution in [2.24, 2.45) is 0 Å². The SMILES string of the molecule is C[C@@H](NC(=O)[C@@H](CCCNC(=O)OCc1ccccc1)NC(=O)OC(C)(C)C)c1ccc(OCc2ccccc2)cc1. The molecule has 3 aromatic rings. The largest absolute Gasteiger partial charge is 0.489 e. The second kappa shape index (κ2) is 16.0. The van der Waals surface area contributed by atoms with E-state index in [-0.39, 0.29) is 31.5 Å². The molecule has 0 aliphatic heterocycles. The Labute approximate surface area is 247 Å². The van der Waals surface area contributed by atoms with E-state index in [9.17, 15) is 14.4 Å². The monoisotopic (exact) mass is 575 g/mol. The molecule has 0 bridgehead atoms. The standard InChI is InChI=1S/C33H41N3O6/c1-24(27-17-19-28(20-18-27)40-22-25-12-7-5-8-13-25)35-30(37)29(36-32(39)42-33(2,3)4)16-11-21-34-31(38)41-23-26-14-9-6-10-15-26/h5-10,12-15,17-20,24,29H,11,16,21-23H2,1-4H3,(H,34,38)(H,35,37)(H,36,39)/t24-,29-/m1/s1. The molecule has 2 atom stereocenters. The Kier molecular flexibility index (Phi) is 12.2. The Hall–Kier alpha value is -4.53. The van der Waals surface area contributed by atoms with E-state index in [2.05, 4.69) is 16.0 Å². The molecule has 9 nitrogen and oxygen atoms in total. The minimum absolute atomic E-state index is 0.163. The number of carbonyl (C=O) groups excluding carboxylic acids is 3. The van der Waals surface area contributed by atoms with E-state index in [1.165, 1.54) is 0 Å². The van der Waals surface area contributed by atoms with Gasteiger partial charge in [-0.3, -0.25) is 4.79 Å². The van der Waals surface area contributed by atoms with E-state index in [1.807, 2.05) is 91.9 Å². The van der Waals surface area contributed by atoms with Crippen LogP contribution in [0.25, 0.3) is 0 Å². The molecule has 0 spiro atoms. The molecule has 0 saturated carbocycles. The zero-order valence-electron chi connectivity index (χ0n) is 24.7. The molecule has 3 aromatic carbocycles. The van der Waals surface area contributed by atoms with E-state index in [0.717, 1.165) is 22.4 Å². The number of ether oxygens (including phenoxy) is 3. The normalized spacial score (nSPS) is 12.4. The lowest BCUT2D eigenvalue weighted by Crippen LogP contribution is -2.49. The summed E-state index contributed by atoms with van der Waals surface area (Å²) in [7, 11) is 0. The molecule has 0 heterocycles. The van der Waals surface area contributed by atoms with Crippen LogP contribution in [0, 0.1) is 0 Å². The predicted octanol–water partition coefficient (Wildman–Crippen LogP) is 6.04. The summed E-state index contributed by atoms with van der Waals surface area (Å²) in [6.45, 7) is 8.02. The van der Waals surface area contributed by atoms with Crippen molar-refractivity contribution in [2.75, 3.05) is 6.54 Å². The quantitative estimate of drug-likeness (QED) is 0.214. The zero-order chi connectivity index (χ0) is 30.4. The fraction of sp³-hybridized carbons (Fsp3) is 0.364. The smallest absolute Gasteiger partial charge is 0.408 e. The summed E-state index contributed by atoms with van der Waals surface area (Å²) in [4.78, 5) is 37.8. The third-order valence-electron chi connectivity index (χ3n) is 6.15. The molecule has 0 fully saturated rings. The molecule has 0 unspecified atom stereocenters. The van der Waals surface area contributed by atoms with Gasteiger partial charge in [0, 0.05) is 6.54 Å². The van der Waals surface area contributed by atoms with Crippen molar-refractivity contribution in [3.63, 3.8) is 0 Å². The van der Waals surface area contributed by atoms with Crippen LogP contribution in [0.15, 0.2) is 84.9 Å². The maximum Gasteiger partial charge on any atom is 0.408 e. The van der Waals surface area contributed by atoms with E-state index < -0.39 is 23.8 Å². The fourth-order valence-electron chi connectivity index (χ4n) is 3.98. The second-order valence-electron chi connectivity index (χ2n) is 10.9. The molecule has 3 rings (SSSR count). The Balaban J connectivity index is 1.50. The number of nitrogens with one attached hydrogen (secondary N) is 3. The molecule has 224 valence electrons. The van der Waals surface area contributed by atoms with Crippen LogP contribution in [0.3, 0.4) is 0 Å². The van der Waals surface area contributed by atoms with Crippen LogP contribution < -0.4 is 20.7 Å². The maximum absolute atomic E-state index is 13.2. The third-order valence-corrected chi connectivity index (χ3v) is 6.15. The first-order chi connectivity index (χ1) is 20.1. The van der Waals surface area contributed by atoms with Gasteiger partial charge in [0.25, 0.3) is 0 Å². The first-order valence-electron chi connectivity index (χ1n) is 14.1. The van der Waals surface area contributed by atoms with Gasteiger partial charge in [-0.15, -0.1) is 0 Å². The summed E-state index contributed by atoms with van der Waals surface area (Å²) in [5, 5.41) is 8.32.